The highest BCUT2D eigenvalue weighted by molar-refractivity contribution is 5.97. The number of amides is 3. The normalized spacial score (nSPS) is 17.8. The van der Waals surface area contributed by atoms with Crippen molar-refractivity contribution in [1.82, 2.24) is 10.2 Å². The Kier molecular flexibility index (Phi) is 3.03. The molecule has 4 N–H and O–H groups in total. The number of hydrogen-bond donors (Lipinski definition) is 3. The summed E-state index contributed by atoms with van der Waals surface area (Å²) in [6.45, 7) is 0.664. The predicted octanol–water partition coefficient (Wildman–Crippen LogP) is -1.66. The number of carboxylic acid groups (broad SMARTS) is 1. The molecular formula is C7H11N3O4. The van der Waals surface area contributed by atoms with Crippen molar-refractivity contribution in [3.8, 4) is 0 Å². The number of urea groups is 1. The molecule has 0 aromatic heterocycles. The number of nitrogens with one attached hydrogen (secondary N) is 1. The molecule has 14 heavy (non-hydrogen) atoms. The van der Waals surface area contributed by atoms with Crippen LogP contribution in [0.2, 0.25) is 0 Å². The first-order valence-corrected chi connectivity index (χ1v) is 4.09. The number of imide groups is 1. The second-order valence-electron chi connectivity index (χ2n) is 2.93. The Balaban J connectivity index is 2.49. The van der Waals surface area contributed by atoms with Gasteiger partial charge in [0.2, 0.25) is 5.91 Å². The summed E-state index contributed by atoms with van der Waals surface area (Å²) in [5.74, 6) is -1.81. The predicted molar refractivity (Wildman–Crippen MR) is 45.3 cm³/mol. The Hall–Kier alpha value is -1.63. The Morgan fingerprint density at radius 3 is 2.71 bits per heavy atom. The van der Waals surface area contributed by atoms with E-state index in [0.717, 1.165) is 4.90 Å². The minimum absolute atomic E-state index is 0.268. The monoisotopic (exact) mass is 201 g/mol. The smallest absolute Gasteiger partial charge is 0.324 e. The molecule has 1 fully saturated rings. The average Bonchev–Trinajstić information content (AvgIpc) is 2.51. The third-order valence-electron chi connectivity index (χ3n) is 1.87. The van der Waals surface area contributed by atoms with E-state index in [-0.39, 0.29) is 13.0 Å². The fraction of sp³-hybridized carbons (Fsp3) is 0.571. The third kappa shape index (κ3) is 2.19. The van der Waals surface area contributed by atoms with Gasteiger partial charge in [0.05, 0.1) is 6.42 Å². The Morgan fingerprint density at radius 1 is 1.64 bits per heavy atom. The van der Waals surface area contributed by atoms with E-state index < -0.39 is 23.9 Å². The summed E-state index contributed by atoms with van der Waals surface area (Å²) >= 11 is 0. The van der Waals surface area contributed by atoms with Gasteiger partial charge in [-0.2, -0.15) is 0 Å². The molecule has 1 aliphatic rings. The van der Waals surface area contributed by atoms with E-state index in [1.54, 1.807) is 0 Å². The minimum Gasteiger partial charge on any atom is -0.480 e. The fourth-order valence-corrected chi connectivity index (χ4v) is 1.10. The van der Waals surface area contributed by atoms with Crippen LogP contribution in [0.5, 0.6) is 0 Å². The molecule has 78 valence electrons. The van der Waals surface area contributed by atoms with Crippen molar-refractivity contribution >= 4 is 17.9 Å². The van der Waals surface area contributed by atoms with Gasteiger partial charge in [-0.25, -0.2) is 4.79 Å². The van der Waals surface area contributed by atoms with Crippen molar-refractivity contribution in [2.24, 2.45) is 5.73 Å². The second kappa shape index (κ2) is 4.05. The summed E-state index contributed by atoms with van der Waals surface area (Å²) < 4.78 is 0. The molecule has 1 heterocycles. The maximum atomic E-state index is 11.3. The van der Waals surface area contributed by atoms with Crippen LogP contribution in [0, 0.1) is 0 Å². The average molecular weight is 201 g/mol. The Labute approximate surface area is 79.9 Å². The van der Waals surface area contributed by atoms with Crippen LogP contribution in [0.3, 0.4) is 0 Å². The third-order valence-corrected chi connectivity index (χ3v) is 1.87. The highest BCUT2D eigenvalue weighted by Gasteiger charge is 2.28. The lowest BCUT2D eigenvalue weighted by molar-refractivity contribution is -0.141. The van der Waals surface area contributed by atoms with Gasteiger partial charge in [0.25, 0.3) is 0 Å². The largest absolute Gasteiger partial charge is 0.480 e. The summed E-state index contributed by atoms with van der Waals surface area (Å²) in [4.78, 5) is 33.6. The van der Waals surface area contributed by atoms with Crippen LogP contribution in [0.25, 0.3) is 0 Å². The summed E-state index contributed by atoms with van der Waals surface area (Å²) in [6.07, 6.45) is -0.358. The van der Waals surface area contributed by atoms with Gasteiger partial charge >= 0.3 is 12.0 Å². The van der Waals surface area contributed by atoms with Gasteiger partial charge in [0.15, 0.2) is 0 Å². The zero-order valence-corrected chi connectivity index (χ0v) is 7.40. The molecule has 0 radical (unpaired) electrons. The summed E-state index contributed by atoms with van der Waals surface area (Å²) in [5.41, 5.74) is 5.15. The molecule has 1 rings (SSSR count). The van der Waals surface area contributed by atoms with Crippen molar-refractivity contribution in [3.63, 3.8) is 0 Å². The van der Waals surface area contributed by atoms with E-state index in [0.29, 0.717) is 6.54 Å². The fourth-order valence-electron chi connectivity index (χ4n) is 1.10. The van der Waals surface area contributed by atoms with Gasteiger partial charge in [-0.05, 0) is 0 Å². The number of nitrogens with zero attached hydrogens (tertiary/aromatic N) is 1. The van der Waals surface area contributed by atoms with Crippen LogP contribution in [0.4, 0.5) is 4.79 Å². The van der Waals surface area contributed by atoms with Crippen LogP contribution in [0.15, 0.2) is 0 Å². The van der Waals surface area contributed by atoms with Crippen LogP contribution in [-0.4, -0.2) is 47.0 Å². The van der Waals surface area contributed by atoms with Crippen LogP contribution in [0.1, 0.15) is 6.42 Å². The van der Waals surface area contributed by atoms with Gasteiger partial charge in [-0.1, -0.05) is 0 Å². The van der Waals surface area contributed by atoms with Crippen LogP contribution < -0.4 is 11.1 Å². The summed E-state index contributed by atoms with van der Waals surface area (Å²) in [7, 11) is 0. The van der Waals surface area contributed by atoms with E-state index in [1.165, 1.54) is 0 Å². The molecule has 0 aromatic carbocycles. The van der Waals surface area contributed by atoms with Crippen molar-refractivity contribution < 1.29 is 19.5 Å². The van der Waals surface area contributed by atoms with E-state index in [4.69, 9.17) is 10.8 Å². The molecule has 0 spiro atoms. The molecule has 0 unspecified atom stereocenters. The maximum absolute atomic E-state index is 11.3. The minimum atomic E-state index is -1.25. The van der Waals surface area contributed by atoms with Gasteiger partial charge in [-0.3, -0.25) is 14.5 Å². The van der Waals surface area contributed by atoms with E-state index >= 15 is 0 Å². The molecule has 0 aliphatic carbocycles. The van der Waals surface area contributed by atoms with E-state index in [9.17, 15) is 14.4 Å². The first-order valence-electron chi connectivity index (χ1n) is 4.09. The lowest BCUT2D eigenvalue weighted by Crippen LogP contribution is -2.40. The Bertz CT molecular complexity index is 278. The topological polar surface area (TPSA) is 113 Å². The van der Waals surface area contributed by atoms with Gasteiger partial charge in [0, 0.05) is 13.1 Å². The molecular weight excluding hydrogens is 190 g/mol. The highest BCUT2D eigenvalue weighted by atomic mass is 16.4. The number of carbonyl (C=O) groups is 3. The highest BCUT2D eigenvalue weighted by Crippen LogP contribution is 2.02. The molecule has 7 heteroatoms. The van der Waals surface area contributed by atoms with E-state index in [1.807, 2.05) is 0 Å². The SMILES string of the molecule is N[C@@H](CC(=O)N1CCNC1=O)C(=O)O. The first-order chi connectivity index (χ1) is 6.52. The van der Waals surface area contributed by atoms with Crippen LogP contribution in [-0.2, 0) is 9.59 Å². The lowest BCUT2D eigenvalue weighted by Gasteiger charge is -2.13. The second-order valence-corrected chi connectivity index (χ2v) is 2.93. The molecule has 1 saturated heterocycles. The Morgan fingerprint density at radius 2 is 2.29 bits per heavy atom. The number of carboxylic acids is 1. The van der Waals surface area contributed by atoms with Gasteiger partial charge < -0.3 is 16.2 Å². The quantitative estimate of drug-likeness (QED) is 0.505. The number of rotatable bonds is 3. The van der Waals surface area contributed by atoms with Crippen molar-refractivity contribution in [2.75, 3.05) is 13.1 Å². The number of carbonyl (C=O) groups excluding carboxylic acids is 2. The number of aliphatic carboxylic acids is 1. The van der Waals surface area contributed by atoms with E-state index in [2.05, 4.69) is 5.32 Å². The zero-order chi connectivity index (χ0) is 10.7. The molecule has 0 aromatic rings. The van der Waals surface area contributed by atoms with Crippen molar-refractivity contribution in [3.05, 3.63) is 0 Å². The summed E-state index contributed by atoms with van der Waals surface area (Å²) in [6, 6.07) is -1.75. The number of nitrogens with two attached hydrogens (primary N) is 1. The standard InChI is InChI=1S/C7H11N3O4/c8-4(6(12)13)3-5(11)10-2-1-9-7(10)14/h4H,1-3,8H2,(H,9,14)(H,12,13)/t4-/m0/s1. The molecule has 0 bridgehead atoms. The molecule has 1 aliphatic heterocycles. The molecule has 1 atom stereocenters. The molecule has 0 saturated carbocycles. The zero-order valence-electron chi connectivity index (χ0n) is 7.40. The maximum Gasteiger partial charge on any atom is 0.324 e. The first kappa shape index (κ1) is 10.5. The lowest BCUT2D eigenvalue weighted by atomic mass is 10.2. The van der Waals surface area contributed by atoms with Crippen molar-refractivity contribution in [2.45, 2.75) is 12.5 Å². The molecule has 3 amide bonds. The number of hydrogen-bond acceptors (Lipinski definition) is 4. The van der Waals surface area contributed by atoms with Crippen LogP contribution >= 0.6 is 0 Å². The molecule has 7 nitrogen and oxygen atoms in total. The van der Waals surface area contributed by atoms with Gasteiger partial charge in [-0.15, -0.1) is 0 Å². The van der Waals surface area contributed by atoms with Gasteiger partial charge in [0.1, 0.15) is 6.04 Å². The summed E-state index contributed by atoms with van der Waals surface area (Å²) in [5, 5.41) is 10.9. The van der Waals surface area contributed by atoms with Crippen molar-refractivity contribution in [1.29, 1.82) is 0 Å².